The molecule has 0 heterocycles. The monoisotopic (exact) mass is 377 g/mol. The van der Waals surface area contributed by atoms with E-state index >= 15 is 0 Å². The Bertz CT molecular complexity index is 905. The number of carbonyl (C=O) groups is 1. The summed E-state index contributed by atoms with van der Waals surface area (Å²) in [5, 5.41) is 2.87. The van der Waals surface area contributed by atoms with Crippen LogP contribution in [0.2, 0.25) is 0 Å². The van der Waals surface area contributed by atoms with E-state index in [2.05, 4.69) is 12.2 Å². The number of nitrogens with one attached hydrogen (secondary N) is 1. The van der Waals surface area contributed by atoms with Gasteiger partial charge in [-0.05, 0) is 67.1 Å². The third-order valence-electron chi connectivity index (χ3n) is 4.00. The van der Waals surface area contributed by atoms with Gasteiger partial charge in [-0.25, -0.2) is 0 Å². The molecule has 0 bridgehead atoms. The first-order valence-electron chi connectivity index (χ1n) is 9.14. The molecule has 5 heteroatoms. The van der Waals surface area contributed by atoms with Gasteiger partial charge in [-0.2, -0.15) is 0 Å². The van der Waals surface area contributed by atoms with Crippen molar-refractivity contribution in [2.75, 3.05) is 19.0 Å². The van der Waals surface area contributed by atoms with Gasteiger partial charge < -0.3 is 19.5 Å². The number of anilines is 1. The molecule has 0 atom stereocenters. The summed E-state index contributed by atoms with van der Waals surface area (Å²) in [6.45, 7) is 2.71. The maximum absolute atomic E-state index is 12.4. The van der Waals surface area contributed by atoms with E-state index in [-0.39, 0.29) is 5.91 Å². The Labute approximate surface area is 164 Å². The van der Waals surface area contributed by atoms with Crippen LogP contribution in [0.25, 0.3) is 0 Å². The number of hydrogen-bond donors (Lipinski definition) is 1. The summed E-state index contributed by atoms with van der Waals surface area (Å²) in [7, 11) is 1.60. The molecule has 0 aliphatic rings. The SMILES string of the molecule is CCCOc1ccc(C(=O)Nc2ccc(Oc3ccccc3OC)cc2)cc1. The predicted molar refractivity (Wildman–Crippen MR) is 110 cm³/mol. The van der Waals surface area contributed by atoms with Crippen molar-refractivity contribution in [3.63, 3.8) is 0 Å². The van der Waals surface area contributed by atoms with Crippen LogP contribution >= 0.6 is 0 Å². The van der Waals surface area contributed by atoms with Crippen molar-refractivity contribution in [3.05, 3.63) is 78.4 Å². The van der Waals surface area contributed by atoms with Crippen molar-refractivity contribution in [2.24, 2.45) is 0 Å². The largest absolute Gasteiger partial charge is 0.494 e. The minimum atomic E-state index is -0.180. The zero-order valence-electron chi connectivity index (χ0n) is 16.0. The normalized spacial score (nSPS) is 10.2. The summed E-state index contributed by atoms with van der Waals surface area (Å²) in [5.41, 5.74) is 1.25. The molecule has 3 aromatic rings. The molecular weight excluding hydrogens is 354 g/mol. The highest BCUT2D eigenvalue weighted by Crippen LogP contribution is 2.31. The third kappa shape index (κ3) is 5.04. The van der Waals surface area contributed by atoms with Crippen LogP contribution in [0.5, 0.6) is 23.0 Å². The van der Waals surface area contributed by atoms with Crippen LogP contribution in [0.4, 0.5) is 5.69 Å². The van der Waals surface area contributed by atoms with E-state index in [1.54, 1.807) is 55.6 Å². The van der Waals surface area contributed by atoms with Gasteiger partial charge in [0.15, 0.2) is 11.5 Å². The number of benzene rings is 3. The second kappa shape index (κ2) is 9.46. The Morgan fingerprint density at radius 3 is 2.14 bits per heavy atom. The second-order valence-electron chi connectivity index (χ2n) is 6.10. The van der Waals surface area contributed by atoms with Crippen molar-refractivity contribution < 1.29 is 19.0 Å². The van der Waals surface area contributed by atoms with Gasteiger partial charge in [0.1, 0.15) is 11.5 Å². The molecule has 0 saturated heterocycles. The van der Waals surface area contributed by atoms with E-state index in [4.69, 9.17) is 14.2 Å². The topological polar surface area (TPSA) is 56.8 Å². The highest BCUT2D eigenvalue weighted by molar-refractivity contribution is 6.04. The number of amides is 1. The van der Waals surface area contributed by atoms with E-state index in [1.165, 1.54) is 0 Å². The van der Waals surface area contributed by atoms with Crippen LogP contribution in [0, 0.1) is 0 Å². The minimum Gasteiger partial charge on any atom is -0.494 e. The van der Waals surface area contributed by atoms with Crippen LogP contribution in [-0.2, 0) is 0 Å². The summed E-state index contributed by atoms with van der Waals surface area (Å²) in [4.78, 5) is 12.4. The fourth-order valence-corrected chi connectivity index (χ4v) is 2.56. The molecule has 1 N–H and O–H groups in total. The van der Waals surface area contributed by atoms with Gasteiger partial charge in [-0.1, -0.05) is 19.1 Å². The Balaban J connectivity index is 1.61. The van der Waals surface area contributed by atoms with Gasteiger partial charge in [-0.3, -0.25) is 4.79 Å². The zero-order chi connectivity index (χ0) is 19.8. The fourth-order valence-electron chi connectivity index (χ4n) is 2.56. The lowest BCUT2D eigenvalue weighted by atomic mass is 10.2. The van der Waals surface area contributed by atoms with Crippen molar-refractivity contribution >= 4 is 11.6 Å². The molecule has 0 aromatic heterocycles. The van der Waals surface area contributed by atoms with Crippen molar-refractivity contribution in [1.82, 2.24) is 0 Å². The average Bonchev–Trinajstić information content (AvgIpc) is 2.74. The summed E-state index contributed by atoms with van der Waals surface area (Å²) < 4.78 is 16.7. The number of carbonyl (C=O) groups excluding carboxylic acids is 1. The molecule has 144 valence electrons. The molecule has 0 radical (unpaired) electrons. The molecule has 1 amide bonds. The van der Waals surface area contributed by atoms with Crippen LogP contribution in [0.3, 0.4) is 0 Å². The number of ether oxygens (including phenoxy) is 3. The predicted octanol–water partition coefficient (Wildman–Crippen LogP) is 5.53. The molecule has 0 saturated carbocycles. The highest BCUT2D eigenvalue weighted by Gasteiger charge is 2.08. The molecule has 3 rings (SSSR count). The smallest absolute Gasteiger partial charge is 0.255 e. The van der Waals surface area contributed by atoms with Gasteiger partial charge in [0, 0.05) is 11.3 Å². The minimum absolute atomic E-state index is 0.180. The Kier molecular flexibility index (Phi) is 6.52. The summed E-state index contributed by atoms with van der Waals surface area (Å²) >= 11 is 0. The standard InChI is InChI=1S/C23H23NO4/c1-3-16-27-19-12-8-17(9-13-19)23(25)24-18-10-14-20(15-11-18)28-22-7-5-4-6-21(22)26-2/h4-15H,3,16H2,1-2H3,(H,24,25). The lowest BCUT2D eigenvalue weighted by Gasteiger charge is -2.11. The number of methoxy groups -OCH3 is 1. The molecule has 0 aliphatic carbocycles. The molecule has 0 unspecified atom stereocenters. The zero-order valence-corrected chi connectivity index (χ0v) is 16.0. The molecular formula is C23H23NO4. The van der Waals surface area contributed by atoms with Gasteiger partial charge >= 0.3 is 0 Å². The van der Waals surface area contributed by atoms with Crippen LogP contribution in [-0.4, -0.2) is 19.6 Å². The maximum Gasteiger partial charge on any atom is 0.255 e. The van der Waals surface area contributed by atoms with Crippen LogP contribution < -0.4 is 19.5 Å². The molecule has 28 heavy (non-hydrogen) atoms. The van der Waals surface area contributed by atoms with Crippen molar-refractivity contribution in [2.45, 2.75) is 13.3 Å². The molecule has 0 fully saturated rings. The van der Waals surface area contributed by atoms with Crippen molar-refractivity contribution in [1.29, 1.82) is 0 Å². The quantitative estimate of drug-likeness (QED) is 0.561. The molecule has 5 nitrogen and oxygen atoms in total. The third-order valence-corrected chi connectivity index (χ3v) is 4.00. The first kappa shape index (κ1) is 19.3. The van der Waals surface area contributed by atoms with Crippen LogP contribution in [0.1, 0.15) is 23.7 Å². The van der Waals surface area contributed by atoms with E-state index in [0.717, 1.165) is 12.2 Å². The second-order valence-corrected chi connectivity index (χ2v) is 6.10. The molecule has 0 spiro atoms. The van der Waals surface area contributed by atoms with E-state index in [0.29, 0.717) is 35.1 Å². The van der Waals surface area contributed by atoms with E-state index in [1.807, 2.05) is 24.3 Å². The molecule has 0 aliphatic heterocycles. The molecule has 3 aromatic carbocycles. The summed E-state index contributed by atoms with van der Waals surface area (Å²) in [5.74, 6) is 2.52. The number of rotatable bonds is 8. The summed E-state index contributed by atoms with van der Waals surface area (Å²) in [6.07, 6.45) is 0.943. The first-order chi connectivity index (χ1) is 13.7. The lowest BCUT2D eigenvalue weighted by Crippen LogP contribution is -2.11. The first-order valence-corrected chi connectivity index (χ1v) is 9.14. The van der Waals surface area contributed by atoms with Crippen molar-refractivity contribution in [3.8, 4) is 23.0 Å². The van der Waals surface area contributed by atoms with E-state index in [9.17, 15) is 4.79 Å². The maximum atomic E-state index is 12.4. The van der Waals surface area contributed by atoms with Gasteiger partial charge in [-0.15, -0.1) is 0 Å². The van der Waals surface area contributed by atoms with Gasteiger partial charge in [0.25, 0.3) is 5.91 Å². The van der Waals surface area contributed by atoms with E-state index < -0.39 is 0 Å². The average molecular weight is 377 g/mol. The number of hydrogen-bond acceptors (Lipinski definition) is 4. The highest BCUT2D eigenvalue weighted by atomic mass is 16.5. The fraction of sp³-hybridized carbons (Fsp3) is 0.174. The summed E-state index contributed by atoms with van der Waals surface area (Å²) in [6, 6.07) is 21.7. The number of para-hydroxylation sites is 2. The Hall–Kier alpha value is -3.47. The lowest BCUT2D eigenvalue weighted by molar-refractivity contribution is 0.102. The van der Waals surface area contributed by atoms with Gasteiger partial charge in [0.05, 0.1) is 13.7 Å². The van der Waals surface area contributed by atoms with Crippen LogP contribution in [0.15, 0.2) is 72.8 Å². The van der Waals surface area contributed by atoms with Gasteiger partial charge in [0.2, 0.25) is 0 Å². The Morgan fingerprint density at radius 2 is 1.50 bits per heavy atom. The Morgan fingerprint density at radius 1 is 0.857 bits per heavy atom.